The molecule has 0 spiro atoms. The van der Waals surface area contributed by atoms with E-state index in [1.165, 1.54) is 35.9 Å². The fraction of sp³-hybridized carbons (Fsp3) is 0.154. The third-order valence-electron chi connectivity index (χ3n) is 5.11. The number of thiocarbonyl (C=S) groups is 1. The molecule has 4 rings (SSSR count). The van der Waals surface area contributed by atoms with Crippen LogP contribution in [0.3, 0.4) is 0 Å². The smallest absolute Gasteiger partial charge is 0.270 e. The first-order valence-corrected chi connectivity index (χ1v) is 13.2. The SMILES string of the molecule is CCOc1cc(/C=C2\SC(=S)N(c3ccc(OC)c(Cl)c3)C2=O)cc(Br)c1OCc1ccc(F)cc1. The first kappa shape index (κ1) is 26.5. The Hall–Kier alpha value is -2.59. The van der Waals surface area contributed by atoms with Gasteiger partial charge in [-0.15, -0.1) is 0 Å². The second-order valence-electron chi connectivity index (χ2n) is 7.51. The van der Waals surface area contributed by atoms with Gasteiger partial charge in [0.05, 0.1) is 33.8 Å². The van der Waals surface area contributed by atoms with Crippen molar-refractivity contribution in [2.45, 2.75) is 13.5 Å². The second kappa shape index (κ2) is 11.6. The summed E-state index contributed by atoms with van der Waals surface area (Å²) in [4.78, 5) is 15.1. The number of amides is 1. The highest BCUT2D eigenvalue weighted by molar-refractivity contribution is 9.10. The number of carbonyl (C=O) groups is 1. The Bertz CT molecular complexity index is 1350. The van der Waals surface area contributed by atoms with E-state index in [2.05, 4.69) is 15.9 Å². The van der Waals surface area contributed by atoms with Crippen molar-refractivity contribution >= 4 is 73.5 Å². The molecule has 1 heterocycles. The molecule has 0 bridgehead atoms. The highest BCUT2D eigenvalue weighted by atomic mass is 79.9. The number of hydrogen-bond donors (Lipinski definition) is 0. The Morgan fingerprint density at radius 1 is 1.11 bits per heavy atom. The summed E-state index contributed by atoms with van der Waals surface area (Å²) in [5.74, 6) is 0.976. The molecule has 0 aliphatic carbocycles. The Morgan fingerprint density at radius 2 is 1.86 bits per heavy atom. The van der Waals surface area contributed by atoms with Crippen molar-refractivity contribution in [1.29, 1.82) is 0 Å². The molecule has 1 saturated heterocycles. The van der Waals surface area contributed by atoms with Crippen molar-refractivity contribution in [3.05, 3.63) is 85.9 Å². The van der Waals surface area contributed by atoms with Crippen LogP contribution in [0, 0.1) is 5.82 Å². The van der Waals surface area contributed by atoms with Gasteiger partial charge in [0.25, 0.3) is 5.91 Å². The summed E-state index contributed by atoms with van der Waals surface area (Å²) in [5, 5.41) is 0.384. The normalized spacial score (nSPS) is 14.5. The highest BCUT2D eigenvalue weighted by Gasteiger charge is 2.33. The molecule has 36 heavy (non-hydrogen) atoms. The quantitative estimate of drug-likeness (QED) is 0.194. The summed E-state index contributed by atoms with van der Waals surface area (Å²) in [6.07, 6.45) is 1.75. The van der Waals surface area contributed by atoms with Crippen LogP contribution in [-0.4, -0.2) is 23.9 Å². The summed E-state index contributed by atoms with van der Waals surface area (Å²) in [5.41, 5.74) is 2.11. The van der Waals surface area contributed by atoms with Crippen LogP contribution in [0.4, 0.5) is 10.1 Å². The predicted octanol–water partition coefficient (Wildman–Crippen LogP) is 7.63. The van der Waals surface area contributed by atoms with Crippen molar-refractivity contribution < 1.29 is 23.4 Å². The van der Waals surface area contributed by atoms with Crippen LogP contribution in [0.15, 0.2) is 64.0 Å². The monoisotopic (exact) mass is 607 g/mol. The number of methoxy groups -OCH3 is 1. The number of benzene rings is 3. The number of nitrogens with zero attached hydrogens (tertiary/aromatic N) is 1. The number of anilines is 1. The lowest BCUT2D eigenvalue weighted by molar-refractivity contribution is -0.113. The van der Waals surface area contributed by atoms with Crippen LogP contribution in [0.2, 0.25) is 5.02 Å². The molecule has 0 N–H and O–H groups in total. The molecule has 1 amide bonds. The van der Waals surface area contributed by atoms with Crippen LogP contribution in [0.5, 0.6) is 17.2 Å². The number of halogens is 3. The van der Waals surface area contributed by atoms with Crippen molar-refractivity contribution in [3.63, 3.8) is 0 Å². The number of ether oxygens (including phenoxy) is 3. The van der Waals surface area contributed by atoms with Gasteiger partial charge in [0.2, 0.25) is 0 Å². The lowest BCUT2D eigenvalue weighted by atomic mass is 10.1. The van der Waals surface area contributed by atoms with E-state index in [0.717, 1.165) is 11.1 Å². The zero-order valence-electron chi connectivity index (χ0n) is 19.2. The van der Waals surface area contributed by atoms with Crippen LogP contribution < -0.4 is 19.1 Å². The molecule has 0 aromatic heterocycles. The van der Waals surface area contributed by atoms with E-state index >= 15 is 0 Å². The van der Waals surface area contributed by atoms with Crippen molar-refractivity contribution in [3.8, 4) is 17.2 Å². The van der Waals surface area contributed by atoms with E-state index < -0.39 is 0 Å². The average molecular weight is 609 g/mol. The maximum absolute atomic E-state index is 13.2. The first-order chi connectivity index (χ1) is 17.3. The summed E-state index contributed by atoms with van der Waals surface area (Å²) in [6, 6.07) is 14.8. The largest absolute Gasteiger partial charge is 0.495 e. The van der Waals surface area contributed by atoms with E-state index in [-0.39, 0.29) is 18.3 Å². The lowest BCUT2D eigenvalue weighted by Crippen LogP contribution is -2.27. The number of carbonyl (C=O) groups excluding carboxylic acids is 1. The zero-order chi connectivity index (χ0) is 25.8. The van der Waals surface area contributed by atoms with Crippen molar-refractivity contribution in [1.82, 2.24) is 0 Å². The lowest BCUT2D eigenvalue weighted by Gasteiger charge is -2.16. The molecule has 186 valence electrons. The minimum absolute atomic E-state index is 0.237. The summed E-state index contributed by atoms with van der Waals surface area (Å²) in [7, 11) is 1.52. The average Bonchev–Trinajstić information content (AvgIpc) is 3.12. The van der Waals surface area contributed by atoms with E-state index in [4.69, 9.17) is 38.0 Å². The Morgan fingerprint density at radius 3 is 2.53 bits per heavy atom. The third-order valence-corrected chi connectivity index (χ3v) is 7.30. The summed E-state index contributed by atoms with van der Waals surface area (Å²) < 4.78 is 31.2. The van der Waals surface area contributed by atoms with Crippen LogP contribution in [-0.2, 0) is 11.4 Å². The fourth-order valence-electron chi connectivity index (χ4n) is 3.45. The molecule has 5 nitrogen and oxygen atoms in total. The van der Waals surface area contributed by atoms with Crippen LogP contribution in [0.1, 0.15) is 18.1 Å². The maximum Gasteiger partial charge on any atom is 0.270 e. The van der Waals surface area contributed by atoms with Gasteiger partial charge in [0.15, 0.2) is 15.8 Å². The second-order valence-corrected chi connectivity index (χ2v) is 10.5. The Labute approximate surface area is 231 Å². The van der Waals surface area contributed by atoms with E-state index in [1.54, 1.807) is 42.5 Å². The van der Waals surface area contributed by atoms with Gasteiger partial charge in [0, 0.05) is 0 Å². The topological polar surface area (TPSA) is 48.0 Å². The van der Waals surface area contributed by atoms with E-state index in [0.29, 0.717) is 48.3 Å². The Kier molecular flexibility index (Phi) is 8.56. The summed E-state index contributed by atoms with van der Waals surface area (Å²) >= 11 is 16.5. The van der Waals surface area contributed by atoms with Gasteiger partial charge < -0.3 is 14.2 Å². The molecule has 1 fully saturated rings. The van der Waals surface area contributed by atoms with Gasteiger partial charge in [-0.1, -0.05) is 47.7 Å². The summed E-state index contributed by atoms with van der Waals surface area (Å²) in [6.45, 7) is 2.53. The standard InChI is InChI=1S/C26H20BrClFNO4S2/c1-3-33-22-11-16(10-19(27)24(22)34-14-15-4-6-17(29)7-5-15)12-23-25(31)30(26(35)36-23)18-8-9-21(32-2)20(28)13-18/h4-13H,3,14H2,1-2H3/b23-12-. The highest BCUT2D eigenvalue weighted by Crippen LogP contribution is 2.41. The molecule has 0 saturated carbocycles. The number of thioether (sulfide) groups is 1. The molecule has 0 unspecified atom stereocenters. The van der Waals surface area contributed by atoms with Gasteiger partial charge in [-0.05, 0) is 82.5 Å². The van der Waals surface area contributed by atoms with Crippen LogP contribution >= 0.6 is 51.5 Å². The van der Waals surface area contributed by atoms with E-state index in [1.807, 2.05) is 13.0 Å². The van der Waals surface area contributed by atoms with Gasteiger partial charge in [0.1, 0.15) is 18.2 Å². The molecule has 3 aromatic rings. The van der Waals surface area contributed by atoms with Gasteiger partial charge in [-0.3, -0.25) is 9.69 Å². The maximum atomic E-state index is 13.2. The molecule has 10 heteroatoms. The first-order valence-electron chi connectivity index (χ1n) is 10.8. The molecule has 0 atom stereocenters. The van der Waals surface area contributed by atoms with Crippen molar-refractivity contribution in [2.24, 2.45) is 0 Å². The zero-order valence-corrected chi connectivity index (χ0v) is 23.2. The van der Waals surface area contributed by atoms with Crippen LogP contribution in [0.25, 0.3) is 6.08 Å². The van der Waals surface area contributed by atoms with Gasteiger partial charge in [-0.25, -0.2) is 4.39 Å². The third kappa shape index (κ3) is 5.86. The van der Waals surface area contributed by atoms with Gasteiger partial charge in [-0.2, -0.15) is 0 Å². The fourth-order valence-corrected chi connectivity index (χ4v) is 5.57. The molecule has 3 aromatic carbocycles. The molecular formula is C26H20BrClFNO4S2. The molecule has 1 aliphatic rings. The minimum Gasteiger partial charge on any atom is -0.495 e. The number of rotatable bonds is 8. The minimum atomic E-state index is -0.306. The molecular weight excluding hydrogens is 589 g/mol. The number of hydrogen-bond acceptors (Lipinski definition) is 6. The van der Waals surface area contributed by atoms with Gasteiger partial charge >= 0.3 is 0 Å². The molecule has 1 aliphatic heterocycles. The molecule has 0 radical (unpaired) electrons. The van der Waals surface area contributed by atoms with Crippen molar-refractivity contribution in [2.75, 3.05) is 18.6 Å². The Balaban J connectivity index is 1.59. The predicted molar refractivity (Wildman–Crippen MR) is 150 cm³/mol. The van der Waals surface area contributed by atoms with E-state index in [9.17, 15) is 9.18 Å².